The van der Waals surface area contributed by atoms with Crippen molar-refractivity contribution in [3.05, 3.63) is 89.7 Å². The van der Waals surface area contributed by atoms with Crippen molar-refractivity contribution in [3.63, 3.8) is 0 Å². The topological polar surface area (TPSA) is 67.4 Å². The Bertz CT molecular complexity index is 1000. The fourth-order valence-electron chi connectivity index (χ4n) is 2.59. The molecular weight excluding hydrogens is 359 g/mol. The number of carbonyl (C=O) groups is 2. The summed E-state index contributed by atoms with van der Waals surface area (Å²) in [5, 5.41) is 5.24. The van der Waals surface area contributed by atoms with Gasteiger partial charge in [0.25, 0.3) is 11.8 Å². The van der Waals surface area contributed by atoms with Crippen LogP contribution in [-0.2, 0) is 4.79 Å². The molecule has 0 aliphatic heterocycles. The average molecular weight is 378 g/mol. The van der Waals surface area contributed by atoms with E-state index >= 15 is 0 Å². The highest BCUT2D eigenvalue weighted by atomic mass is 19.1. The molecule has 0 spiro atoms. The summed E-state index contributed by atoms with van der Waals surface area (Å²) in [6, 6.07) is 19.9. The Balaban J connectivity index is 1.66. The summed E-state index contributed by atoms with van der Waals surface area (Å²) < 4.78 is 19.1. The smallest absolute Gasteiger partial charge is 0.262 e. The minimum atomic E-state index is -0.534. The van der Waals surface area contributed by atoms with E-state index in [-0.39, 0.29) is 24.0 Å². The van der Waals surface area contributed by atoms with E-state index in [2.05, 4.69) is 10.6 Å². The molecule has 0 heterocycles. The van der Waals surface area contributed by atoms with Crippen molar-refractivity contribution in [2.24, 2.45) is 0 Å². The largest absolute Gasteiger partial charge is 0.483 e. The average Bonchev–Trinajstić information content (AvgIpc) is 2.68. The predicted octanol–water partition coefficient (Wildman–Crippen LogP) is 4.40. The van der Waals surface area contributed by atoms with Gasteiger partial charge in [0, 0.05) is 5.69 Å². The number of para-hydroxylation sites is 2. The molecule has 3 rings (SSSR count). The van der Waals surface area contributed by atoms with Gasteiger partial charge >= 0.3 is 0 Å². The maximum atomic E-state index is 13.6. The fourth-order valence-corrected chi connectivity index (χ4v) is 2.59. The minimum absolute atomic E-state index is 0.0709. The van der Waals surface area contributed by atoms with Crippen molar-refractivity contribution < 1.29 is 18.7 Å². The lowest BCUT2D eigenvalue weighted by Crippen LogP contribution is -2.22. The van der Waals surface area contributed by atoms with Gasteiger partial charge in [-0.15, -0.1) is 0 Å². The Morgan fingerprint density at radius 3 is 2.46 bits per heavy atom. The molecule has 2 N–H and O–H groups in total. The van der Waals surface area contributed by atoms with E-state index in [4.69, 9.17) is 4.74 Å². The van der Waals surface area contributed by atoms with Crippen molar-refractivity contribution >= 4 is 23.2 Å². The lowest BCUT2D eigenvalue weighted by atomic mass is 10.1. The summed E-state index contributed by atoms with van der Waals surface area (Å²) in [6.45, 7) is 1.57. The zero-order valence-electron chi connectivity index (χ0n) is 15.2. The number of ether oxygens (including phenoxy) is 1. The molecule has 0 aliphatic carbocycles. The third-order valence-corrected chi connectivity index (χ3v) is 3.91. The van der Waals surface area contributed by atoms with Gasteiger partial charge in [0.1, 0.15) is 11.6 Å². The molecule has 6 heteroatoms. The van der Waals surface area contributed by atoms with E-state index in [0.717, 1.165) is 5.56 Å². The van der Waals surface area contributed by atoms with Crippen LogP contribution in [0.15, 0.2) is 72.8 Å². The maximum absolute atomic E-state index is 13.6. The van der Waals surface area contributed by atoms with Gasteiger partial charge < -0.3 is 15.4 Å². The first-order valence-corrected chi connectivity index (χ1v) is 8.67. The first-order chi connectivity index (χ1) is 13.5. The van der Waals surface area contributed by atoms with Gasteiger partial charge in [0.2, 0.25) is 0 Å². The molecular formula is C22H19FN2O3. The second-order valence-electron chi connectivity index (χ2n) is 6.14. The van der Waals surface area contributed by atoms with Gasteiger partial charge in [-0.25, -0.2) is 4.39 Å². The number of carbonyl (C=O) groups excluding carboxylic acids is 2. The lowest BCUT2D eigenvalue weighted by molar-refractivity contribution is -0.118. The van der Waals surface area contributed by atoms with Crippen LogP contribution in [0.3, 0.4) is 0 Å². The Kier molecular flexibility index (Phi) is 6.01. The van der Waals surface area contributed by atoms with Crippen LogP contribution in [-0.4, -0.2) is 18.4 Å². The monoisotopic (exact) mass is 378 g/mol. The highest BCUT2D eigenvalue weighted by Crippen LogP contribution is 2.20. The normalized spacial score (nSPS) is 10.2. The molecule has 0 unspecified atom stereocenters. The summed E-state index contributed by atoms with van der Waals surface area (Å²) in [4.78, 5) is 24.6. The molecule has 28 heavy (non-hydrogen) atoms. The number of benzene rings is 3. The van der Waals surface area contributed by atoms with Gasteiger partial charge in [-0.1, -0.05) is 36.4 Å². The summed E-state index contributed by atoms with van der Waals surface area (Å²) in [6.07, 6.45) is 0. The number of anilines is 2. The lowest BCUT2D eigenvalue weighted by Gasteiger charge is -2.12. The van der Waals surface area contributed by atoms with Crippen LogP contribution in [0, 0.1) is 12.7 Å². The van der Waals surface area contributed by atoms with Crippen molar-refractivity contribution in [1.29, 1.82) is 0 Å². The first-order valence-electron chi connectivity index (χ1n) is 8.67. The summed E-state index contributed by atoms with van der Waals surface area (Å²) in [7, 11) is 0. The van der Waals surface area contributed by atoms with Crippen LogP contribution < -0.4 is 15.4 Å². The van der Waals surface area contributed by atoms with Crippen LogP contribution in [0.2, 0.25) is 0 Å². The third kappa shape index (κ3) is 4.94. The Morgan fingerprint density at radius 1 is 0.929 bits per heavy atom. The number of amides is 2. The molecule has 142 valence electrons. The van der Waals surface area contributed by atoms with E-state index in [1.165, 1.54) is 18.2 Å². The zero-order valence-corrected chi connectivity index (χ0v) is 15.2. The van der Waals surface area contributed by atoms with Crippen LogP contribution in [0.1, 0.15) is 15.9 Å². The third-order valence-electron chi connectivity index (χ3n) is 3.91. The van der Waals surface area contributed by atoms with Crippen molar-refractivity contribution in [2.75, 3.05) is 17.2 Å². The number of hydrogen-bond acceptors (Lipinski definition) is 3. The molecule has 0 radical (unpaired) electrons. The molecule has 0 aromatic heterocycles. The predicted molar refractivity (Wildman–Crippen MR) is 106 cm³/mol. The molecule has 0 fully saturated rings. The van der Waals surface area contributed by atoms with Gasteiger partial charge in [0.15, 0.2) is 6.61 Å². The van der Waals surface area contributed by atoms with Gasteiger partial charge in [-0.2, -0.15) is 0 Å². The highest BCUT2D eigenvalue weighted by molar-refractivity contribution is 6.06. The summed E-state index contributed by atoms with van der Waals surface area (Å²) in [5.41, 5.74) is 2.05. The number of halogens is 1. The molecule has 0 saturated heterocycles. The summed E-state index contributed by atoms with van der Waals surface area (Å²) >= 11 is 0. The van der Waals surface area contributed by atoms with E-state index in [1.807, 2.05) is 25.1 Å². The number of aryl methyl sites for hydroxylation is 1. The first kappa shape index (κ1) is 19.1. The molecule has 3 aromatic carbocycles. The van der Waals surface area contributed by atoms with Crippen molar-refractivity contribution in [2.45, 2.75) is 6.92 Å². The van der Waals surface area contributed by atoms with Crippen LogP contribution in [0.5, 0.6) is 5.75 Å². The van der Waals surface area contributed by atoms with Gasteiger partial charge in [-0.05, 0) is 48.9 Å². The standard InChI is InChI=1S/C22H19FN2O3/c1-15-7-6-8-16(13-15)24-22(27)17-9-2-5-12-20(17)28-14-21(26)25-19-11-4-3-10-18(19)23/h2-13H,14H2,1H3,(H,24,27)(H,25,26). The second kappa shape index (κ2) is 8.81. The zero-order chi connectivity index (χ0) is 19.9. The van der Waals surface area contributed by atoms with Crippen LogP contribution in [0.4, 0.5) is 15.8 Å². The maximum Gasteiger partial charge on any atom is 0.262 e. The number of hydrogen-bond donors (Lipinski definition) is 2. The Hall–Kier alpha value is -3.67. The fraction of sp³-hybridized carbons (Fsp3) is 0.0909. The van der Waals surface area contributed by atoms with Gasteiger partial charge in [0.05, 0.1) is 11.3 Å². The molecule has 5 nitrogen and oxygen atoms in total. The molecule has 0 saturated carbocycles. The van der Waals surface area contributed by atoms with E-state index in [0.29, 0.717) is 11.3 Å². The molecule has 3 aromatic rings. The van der Waals surface area contributed by atoms with E-state index in [9.17, 15) is 14.0 Å². The minimum Gasteiger partial charge on any atom is -0.483 e. The molecule has 0 aliphatic rings. The van der Waals surface area contributed by atoms with E-state index in [1.54, 1.807) is 36.4 Å². The molecule has 0 atom stereocenters. The quantitative estimate of drug-likeness (QED) is 0.668. The Morgan fingerprint density at radius 2 is 1.68 bits per heavy atom. The van der Waals surface area contributed by atoms with Crippen molar-refractivity contribution in [1.82, 2.24) is 0 Å². The SMILES string of the molecule is Cc1cccc(NC(=O)c2ccccc2OCC(=O)Nc2ccccc2F)c1. The van der Waals surface area contributed by atoms with Gasteiger partial charge in [-0.3, -0.25) is 9.59 Å². The second-order valence-corrected chi connectivity index (χ2v) is 6.14. The summed E-state index contributed by atoms with van der Waals surface area (Å²) in [5.74, 6) is -1.15. The van der Waals surface area contributed by atoms with E-state index < -0.39 is 11.7 Å². The van der Waals surface area contributed by atoms with Crippen LogP contribution >= 0.6 is 0 Å². The number of nitrogens with one attached hydrogen (secondary N) is 2. The Labute approximate surface area is 162 Å². The molecule has 0 bridgehead atoms. The van der Waals surface area contributed by atoms with Crippen molar-refractivity contribution in [3.8, 4) is 5.75 Å². The van der Waals surface area contributed by atoms with Crippen LogP contribution in [0.25, 0.3) is 0 Å². The number of rotatable bonds is 6. The molecule has 2 amide bonds. The highest BCUT2D eigenvalue weighted by Gasteiger charge is 2.14.